The molecule has 4 rings (SSSR count). The van der Waals surface area contributed by atoms with Crippen LogP contribution < -0.4 is 10.1 Å². The Bertz CT molecular complexity index is 964. The molecule has 1 aliphatic rings. The van der Waals surface area contributed by atoms with E-state index in [2.05, 4.69) is 20.4 Å². The summed E-state index contributed by atoms with van der Waals surface area (Å²) < 4.78 is 8.93. The molecule has 0 saturated heterocycles. The molecule has 1 aromatic carbocycles. The third-order valence-corrected chi connectivity index (χ3v) is 4.41. The van der Waals surface area contributed by atoms with Gasteiger partial charge in [-0.15, -0.1) is 5.10 Å². The molecular formula is C17H17ClN6O2. The van der Waals surface area contributed by atoms with Gasteiger partial charge in [0.1, 0.15) is 17.2 Å². The molecule has 0 amide bonds. The first kappa shape index (κ1) is 16.6. The zero-order valence-corrected chi connectivity index (χ0v) is 14.9. The molecule has 8 nitrogen and oxygen atoms in total. The van der Waals surface area contributed by atoms with Crippen molar-refractivity contribution in [2.24, 2.45) is 0 Å². The summed E-state index contributed by atoms with van der Waals surface area (Å²) in [5.41, 5.74) is 1.56. The molecule has 9 heteroatoms. The fourth-order valence-electron chi connectivity index (χ4n) is 2.94. The molecule has 26 heavy (non-hydrogen) atoms. The fourth-order valence-corrected chi connectivity index (χ4v) is 3.09. The molecule has 0 atom stereocenters. The number of imidazole rings is 1. The first-order chi connectivity index (χ1) is 12.6. The van der Waals surface area contributed by atoms with E-state index in [1.165, 1.54) is 0 Å². The van der Waals surface area contributed by atoms with Gasteiger partial charge in [0.05, 0.1) is 12.8 Å². The SMILES string of the molecule is COc1cc(Nc2nc3n(n2)CCCCC3=O)ccc1-n1cnc(Cl)c1. The lowest BCUT2D eigenvalue weighted by molar-refractivity contribution is 0.0971. The number of carbonyl (C=O) groups is 1. The summed E-state index contributed by atoms with van der Waals surface area (Å²) in [7, 11) is 1.59. The van der Waals surface area contributed by atoms with Gasteiger partial charge in [0, 0.05) is 30.9 Å². The second-order valence-electron chi connectivity index (χ2n) is 5.98. The highest BCUT2D eigenvalue weighted by atomic mass is 35.5. The lowest BCUT2D eigenvalue weighted by Gasteiger charge is -2.11. The summed E-state index contributed by atoms with van der Waals surface area (Å²) >= 11 is 5.89. The number of ketones is 1. The van der Waals surface area contributed by atoms with E-state index in [-0.39, 0.29) is 5.78 Å². The van der Waals surface area contributed by atoms with Crippen LogP contribution in [0.2, 0.25) is 5.15 Å². The number of nitrogens with one attached hydrogen (secondary N) is 1. The number of halogens is 1. The molecule has 1 N–H and O–H groups in total. The first-order valence-electron chi connectivity index (χ1n) is 8.27. The van der Waals surface area contributed by atoms with Gasteiger partial charge in [0.15, 0.2) is 11.6 Å². The van der Waals surface area contributed by atoms with Gasteiger partial charge in [-0.25, -0.2) is 9.67 Å². The number of aromatic nitrogens is 5. The average molecular weight is 373 g/mol. The van der Waals surface area contributed by atoms with Crippen molar-refractivity contribution in [2.45, 2.75) is 25.8 Å². The number of fused-ring (bicyclic) bond motifs is 1. The maximum atomic E-state index is 12.1. The average Bonchev–Trinajstić information content (AvgIpc) is 3.20. The van der Waals surface area contributed by atoms with Crippen LogP contribution in [0, 0.1) is 0 Å². The Morgan fingerprint density at radius 1 is 1.31 bits per heavy atom. The minimum atomic E-state index is 0.0352. The van der Waals surface area contributed by atoms with Gasteiger partial charge < -0.3 is 14.6 Å². The number of hydrogen-bond donors (Lipinski definition) is 1. The van der Waals surface area contributed by atoms with Crippen molar-refractivity contribution < 1.29 is 9.53 Å². The lowest BCUT2D eigenvalue weighted by Crippen LogP contribution is -2.07. The van der Waals surface area contributed by atoms with Crippen LogP contribution in [0.4, 0.5) is 11.6 Å². The highest BCUT2D eigenvalue weighted by Crippen LogP contribution is 2.28. The number of aryl methyl sites for hydroxylation is 1. The Morgan fingerprint density at radius 2 is 2.19 bits per heavy atom. The van der Waals surface area contributed by atoms with Crippen LogP contribution in [-0.4, -0.2) is 37.2 Å². The fraction of sp³-hybridized carbons (Fsp3) is 0.294. The van der Waals surface area contributed by atoms with Gasteiger partial charge in [0.2, 0.25) is 5.95 Å². The van der Waals surface area contributed by atoms with E-state index in [0.29, 0.717) is 35.6 Å². The minimum Gasteiger partial charge on any atom is -0.494 e. The summed E-state index contributed by atoms with van der Waals surface area (Å²) in [5.74, 6) is 1.49. The highest BCUT2D eigenvalue weighted by molar-refractivity contribution is 6.29. The highest BCUT2D eigenvalue weighted by Gasteiger charge is 2.20. The van der Waals surface area contributed by atoms with Crippen LogP contribution in [0.1, 0.15) is 29.9 Å². The molecule has 134 valence electrons. The normalized spacial score (nSPS) is 14.0. The third-order valence-electron chi connectivity index (χ3n) is 4.21. The van der Waals surface area contributed by atoms with Gasteiger partial charge in [-0.3, -0.25) is 4.79 Å². The number of nitrogens with zero attached hydrogens (tertiary/aromatic N) is 5. The van der Waals surface area contributed by atoms with E-state index in [4.69, 9.17) is 16.3 Å². The number of anilines is 2. The molecule has 3 aromatic rings. The Balaban J connectivity index is 1.61. The summed E-state index contributed by atoms with van der Waals surface area (Å²) in [5, 5.41) is 7.94. The molecule has 2 aromatic heterocycles. The van der Waals surface area contributed by atoms with Crippen LogP contribution in [-0.2, 0) is 6.54 Å². The van der Waals surface area contributed by atoms with Crippen LogP contribution >= 0.6 is 11.6 Å². The van der Waals surface area contributed by atoms with E-state index in [9.17, 15) is 4.79 Å². The van der Waals surface area contributed by atoms with Gasteiger partial charge >= 0.3 is 0 Å². The smallest absolute Gasteiger partial charge is 0.247 e. The predicted octanol–water partition coefficient (Wildman–Crippen LogP) is 3.24. The number of methoxy groups -OCH3 is 1. The molecular weight excluding hydrogens is 356 g/mol. The molecule has 0 fully saturated rings. The number of benzene rings is 1. The van der Waals surface area contributed by atoms with Gasteiger partial charge in [0.25, 0.3) is 0 Å². The summed E-state index contributed by atoms with van der Waals surface area (Å²) in [6.45, 7) is 0.708. The molecule has 0 saturated carbocycles. The Labute approximate surface area is 154 Å². The Morgan fingerprint density at radius 3 is 2.96 bits per heavy atom. The van der Waals surface area contributed by atoms with Crippen molar-refractivity contribution in [1.82, 2.24) is 24.3 Å². The van der Waals surface area contributed by atoms with E-state index >= 15 is 0 Å². The number of carbonyl (C=O) groups excluding carboxylic acids is 1. The van der Waals surface area contributed by atoms with Crippen LogP contribution in [0.3, 0.4) is 0 Å². The van der Waals surface area contributed by atoms with Gasteiger partial charge in [-0.05, 0) is 25.0 Å². The zero-order valence-electron chi connectivity index (χ0n) is 14.1. The van der Waals surface area contributed by atoms with E-state index < -0.39 is 0 Å². The topological polar surface area (TPSA) is 86.9 Å². The number of ether oxygens (including phenoxy) is 1. The van der Waals surface area contributed by atoms with Crippen molar-refractivity contribution in [2.75, 3.05) is 12.4 Å². The zero-order chi connectivity index (χ0) is 18.1. The van der Waals surface area contributed by atoms with Crippen molar-refractivity contribution in [3.63, 3.8) is 0 Å². The number of rotatable bonds is 4. The Hall–Kier alpha value is -2.87. The van der Waals surface area contributed by atoms with E-state index in [1.54, 1.807) is 28.9 Å². The number of hydrogen-bond acceptors (Lipinski definition) is 6. The van der Waals surface area contributed by atoms with Crippen LogP contribution in [0.5, 0.6) is 5.75 Å². The summed E-state index contributed by atoms with van der Waals surface area (Å²) in [4.78, 5) is 20.4. The maximum absolute atomic E-state index is 12.1. The minimum absolute atomic E-state index is 0.0352. The monoisotopic (exact) mass is 372 g/mol. The van der Waals surface area contributed by atoms with Crippen LogP contribution in [0.25, 0.3) is 5.69 Å². The van der Waals surface area contributed by atoms with E-state index in [1.807, 2.05) is 18.2 Å². The first-order valence-corrected chi connectivity index (χ1v) is 8.65. The van der Waals surface area contributed by atoms with E-state index in [0.717, 1.165) is 24.2 Å². The maximum Gasteiger partial charge on any atom is 0.247 e. The van der Waals surface area contributed by atoms with Gasteiger partial charge in [-0.2, -0.15) is 4.98 Å². The van der Waals surface area contributed by atoms with Crippen molar-refractivity contribution in [1.29, 1.82) is 0 Å². The summed E-state index contributed by atoms with van der Waals surface area (Å²) in [6, 6.07) is 5.59. The summed E-state index contributed by atoms with van der Waals surface area (Å²) in [6.07, 6.45) is 5.65. The van der Waals surface area contributed by atoms with Crippen LogP contribution in [0.15, 0.2) is 30.7 Å². The van der Waals surface area contributed by atoms with Crippen molar-refractivity contribution >= 4 is 29.0 Å². The molecule has 0 bridgehead atoms. The largest absolute Gasteiger partial charge is 0.494 e. The van der Waals surface area contributed by atoms with Gasteiger partial charge in [-0.1, -0.05) is 11.6 Å². The standard InChI is InChI=1S/C17H17ClN6O2/c1-26-14-8-11(5-6-12(14)23-9-15(18)19-10-23)20-17-21-16-13(25)4-2-3-7-24(16)22-17/h5-6,8-10H,2-4,7H2,1H3,(H,20,22). The Kier molecular flexibility index (Phi) is 4.34. The molecule has 3 heterocycles. The predicted molar refractivity (Wildman–Crippen MR) is 96.6 cm³/mol. The van der Waals surface area contributed by atoms with Crippen molar-refractivity contribution in [3.05, 3.63) is 41.7 Å². The number of Topliss-reactive ketones (excluding diaryl/α,β-unsaturated/α-hetero) is 1. The quantitative estimate of drug-likeness (QED) is 0.756. The molecule has 0 aliphatic carbocycles. The molecule has 0 radical (unpaired) electrons. The second-order valence-corrected chi connectivity index (χ2v) is 6.36. The molecule has 0 unspecified atom stereocenters. The molecule has 1 aliphatic heterocycles. The lowest BCUT2D eigenvalue weighted by atomic mass is 10.2. The second kappa shape index (κ2) is 6.80. The molecule has 0 spiro atoms. The van der Waals surface area contributed by atoms with Crippen molar-refractivity contribution in [3.8, 4) is 11.4 Å². The third kappa shape index (κ3) is 3.15.